The lowest BCUT2D eigenvalue weighted by molar-refractivity contribution is -0.124. The van der Waals surface area contributed by atoms with Crippen LogP contribution in [0.5, 0.6) is 17.2 Å². The van der Waals surface area contributed by atoms with Gasteiger partial charge in [0.15, 0.2) is 11.5 Å². The van der Waals surface area contributed by atoms with Crippen LogP contribution in [-0.4, -0.2) is 56.7 Å². The molecule has 192 valence electrons. The van der Waals surface area contributed by atoms with Crippen molar-refractivity contribution in [3.05, 3.63) is 78.4 Å². The lowest BCUT2D eigenvalue weighted by Gasteiger charge is -2.22. The summed E-state index contributed by atoms with van der Waals surface area (Å²) in [5, 5.41) is 2.80. The van der Waals surface area contributed by atoms with E-state index in [0.717, 1.165) is 10.5 Å². The van der Waals surface area contributed by atoms with E-state index in [1.165, 1.54) is 12.0 Å². The molecule has 9 heteroatoms. The zero-order valence-electron chi connectivity index (χ0n) is 21.0. The normalized spacial score (nSPS) is 15.1. The molecule has 3 aromatic carbocycles. The summed E-state index contributed by atoms with van der Waals surface area (Å²) in [6.45, 7) is 0.226. The minimum absolute atomic E-state index is 0.175. The molecule has 4 rings (SSSR count). The average molecular weight is 504 g/mol. The Kier molecular flexibility index (Phi) is 7.92. The second-order valence-electron chi connectivity index (χ2n) is 8.42. The van der Waals surface area contributed by atoms with Crippen molar-refractivity contribution in [1.82, 2.24) is 4.90 Å². The zero-order valence-corrected chi connectivity index (χ0v) is 21.0. The molecule has 3 aromatic rings. The smallest absolute Gasteiger partial charge is 0.332 e. The number of rotatable bonds is 10. The topological polar surface area (TPSA) is 97.4 Å². The molecule has 1 atom stereocenters. The average Bonchev–Trinajstić information content (AvgIpc) is 3.15. The van der Waals surface area contributed by atoms with Gasteiger partial charge in [0, 0.05) is 18.3 Å². The van der Waals surface area contributed by atoms with E-state index >= 15 is 0 Å². The monoisotopic (exact) mass is 503 g/mol. The van der Waals surface area contributed by atoms with E-state index in [4.69, 9.17) is 14.2 Å². The molecule has 0 unspecified atom stereocenters. The van der Waals surface area contributed by atoms with Crippen LogP contribution in [0.1, 0.15) is 12.0 Å². The minimum atomic E-state index is -0.956. The van der Waals surface area contributed by atoms with Gasteiger partial charge in [-0.25, -0.2) is 9.69 Å². The van der Waals surface area contributed by atoms with Gasteiger partial charge in [-0.05, 0) is 48.4 Å². The maximum Gasteiger partial charge on any atom is 0.332 e. The first-order valence-electron chi connectivity index (χ1n) is 11.8. The molecule has 1 saturated heterocycles. The lowest BCUT2D eigenvalue weighted by Crippen LogP contribution is -2.39. The van der Waals surface area contributed by atoms with Crippen LogP contribution in [0.3, 0.4) is 0 Å². The van der Waals surface area contributed by atoms with Gasteiger partial charge >= 0.3 is 6.03 Å². The summed E-state index contributed by atoms with van der Waals surface area (Å²) < 4.78 is 15.9. The van der Waals surface area contributed by atoms with E-state index in [9.17, 15) is 14.4 Å². The van der Waals surface area contributed by atoms with Gasteiger partial charge in [-0.2, -0.15) is 0 Å². The van der Waals surface area contributed by atoms with Crippen molar-refractivity contribution in [1.29, 1.82) is 0 Å². The molecule has 1 heterocycles. The summed E-state index contributed by atoms with van der Waals surface area (Å²) in [6, 6.07) is 19.7. The number of nitrogens with one attached hydrogen (secondary N) is 1. The number of ether oxygens (including phenoxy) is 3. The number of para-hydroxylation sites is 1. The number of urea groups is 1. The Bertz CT molecular complexity index is 1280. The van der Waals surface area contributed by atoms with Crippen molar-refractivity contribution in [2.45, 2.75) is 18.9 Å². The predicted molar refractivity (Wildman–Crippen MR) is 139 cm³/mol. The molecule has 4 amide bonds. The van der Waals surface area contributed by atoms with Crippen molar-refractivity contribution < 1.29 is 28.6 Å². The number of amides is 4. The summed E-state index contributed by atoms with van der Waals surface area (Å²) in [7, 11) is 4.63. The van der Waals surface area contributed by atoms with Crippen LogP contribution in [0.4, 0.5) is 16.2 Å². The molecule has 37 heavy (non-hydrogen) atoms. The SMILES string of the molecule is COc1cccc(N2C(=O)[C@@H](CC(=O)Nc3ccccc3)N(CCc3ccc(OC)c(OC)c3)C2=O)c1. The molecular formula is C28H29N3O6. The van der Waals surface area contributed by atoms with Gasteiger partial charge in [-0.15, -0.1) is 0 Å². The van der Waals surface area contributed by atoms with Gasteiger partial charge in [-0.3, -0.25) is 9.59 Å². The van der Waals surface area contributed by atoms with E-state index in [1.54, 1.807) is 68.8 Å². The Morgan fingerprint density at radius 2 is 1.62 bits per heavy atom. The van der Waals surface area contributed by atoms with E-state index in [0.29, 0.717) is 35.0 Å². The molecule has 0 aromatic heterocycles. The van der Waals surface area contributed by atoms with E-state index in [2.05, 4.69) is 5.32 Å². The van der Waals surface area contributed by atoms with Crippen LogP contribution in [0.2, 0.25) is 0 Å². The van der Waals surface area contributed by atoms with Gasteiger partial charge in [0.2, 0.25) is 5.91 Å². The minimum Gasteiger partial charge on any atom is -0.497 e. The van der Waals surface area contributed by atoms with Crippen LogP contribution in [0.25, 0.3) is 0 Å². The van der Waals surface area contributed by atoms with Gasteiger partial charge in [0.05, 0.1) is 33.4 Å². The number of carbonyl (C=O) groups is 3. The molecular weight excluding hydrogens is 474 g/mol. The number of carbonyl (C=O) groups excluding carboxylic acids is 3. The third-order valence-corrected chi connectivity index (χ3v) is 6.16. The largest absolute Gasteiger partial charge is 0.497 e. The Labute approximate surface area is 215 Å². The highest BCUT2D eigenvalue weighted by Gasteiger charge is 2.46. The predicted octanol–water partition coefficient (Wildman–Crippen LogP) is 4.12. The number of imide groups is 1. The second kappa shape index (κ2) is 11.5. The zero-order chi connectivity index (χ0) is 26.4. The van der Waals surface area contributed by atoms with Gasteiger partial charge in [-0.1, -0.05) is 30.3 Å². The number of hydrogen-bond acceptors (Lipinski definition) is 6. The number of hydrogen-bond donors (Lipinski definition) is 1. The van der Waals surface area contributed by atoms with Gasteiger partial charge in [0.25, 0.3) is 5.91 Å². The van der Waals surface area contributed by atoms with Crippen molar-refractivity contribution in [3.63, 3.8) is 0 Å². The fourth-order valence-corrected chi connectivity index (χ4v) is 4.27. The fourth-order valence-electron chi connectivity index (χ4n) is 4.27. The van der Waals surface area contributed by atoms with Crippen LogP contribution in [0, 0.1) is 0 Å². The highest BCUT2D eigenvalue weighted by atomic mass is 16.5. The molecule has 1 fully saturated rings. The van der Waals surface area contributed by atoms with Gasteiger partial charge < -0.3 is 24.4 Å². The van der Waals surface area contributed by atoms with Crippen LogP contribution >= 0.6 is 0 Å². The third-order valence-electron chi connectivity index (χ3n) is 6.16. The number of anilines is 2. The number of methoxy groups -OCH3 is 3. The summed E-state index contributed by atoms with van der Waals surface area (Å²) in [5.74, 6) is 0.856. The standard InChI is InChI=1S/C28H29N3O6/c1-35-22-11-7-10-21(17-22)31-27(33)23(18-26(32)29-20-8-5-4-6-9-20)30(28(31)34)15-14-19-12-13-24(36-2)25(16-19)37-3/h4-13,16-17,23H,14-15,18H2,1-3H3,(H,29,32)/t23-/m1/s1. The van der Waals surface area contributed by atoms with Crippen LogP contribution in [-0.2, 0) is 16.0 Å². The Hall–Kier alpha value is -4.53. The second-order valence-corrected chi connectivity index (χ2v) is 8.42. The lowest BCUT2D eigenvalue weighted by atomic mass is 10.1. The number of nitrogens with zero attached hydrogens (tertiary/aromatic N) is 2. The van der Waals surface area contributed by atoms with Crippen molar-refractivity contribution >= 4 is 29.2 Å². The Balaban J connectivity index is 1.58. The highest BCUT2D eigenvalue weighted by Crippen LogP contribution is 2.31. The highest BCUT2D eigenvalue weighted by molar-refractivity contribution is 6.22. The van der Waals surface area contributed by atoms with E-state index in [1.807, 2.05) is 18.2 Å². The summed E-state index contributed by atoms with van der Waals surface area (Å²) in [4.78, 5) is 42.5. The van der Waals surface area contributed by atoms with Crippen LogP contribution < -0.4 is 24.4 Å². The summed E-state index contributed by atoms with van der Waals surface area (Å²) >= 11 is 0. The molecule has 9 nitrogen and oxygen atoms in total. The maximum absolute atomic E-state index is 13.5. The van der Waals surface area contributed by atoms with E-state index in [-0.39, 0.29) is 18.9 Å². The molecule has 0 bridgehead atoms. The van der Waals surface area contributed by atoms with Crippen molar-refractivity contribution in [2.75, 3.05) is 38.1 Å². The molecule has 0 radical (unpaired) electrons. The fraction of sp³-hybridized carbons (Fsp3) is 0.250. The first-order valence-corrected chi connectivity index (χ1v) is 11.8. The quantitative estimate of drug-likeness (QED) is 0.418. The molecule has 1 N–H and O–H groups in total. The maximum atomic E-state index is 13.5. The van der Waals surface area contributed by atoms with Crippen molar-refractivity contribution in [3.8, 4) is 17.2 Å². The third kappa shape index (κ3) is 5.66. The molecule has 1 aliphatic heterocycles. The first kappa shape index (κ1) is 25.6. The molecule has 0 spiro atoms. The molecule has 0 saturated carbocycles. The van der Waals surface area contributed by atoms with Crippen molar-refractivity contribution in [2.24, 2.45) is 0 Å². The van der Waals surface area contributed by atoms with Crippen LogP contribution in [0.15, 0.2) is 72.8 Å². The summed E-state index contributed by atoms with van der Waals surface area (Å²) in [6.07, 6.45) is 0.272. The Morgan fingerprint density at radius 1 is 0.865 bits per heavy atom. The van der Waals surface area contributed by atoms with E-state index < -0.39 is 18.0 Å². The summed E-state index contributed by atoms with van der Waals surface area (Å²) in [5.41, 5.74) is 1.90. The van der Waals surface area contributed by atoms with Gasteiger partial charge in [0.1, 0.15) is 11.8 Å². The number of benzene rings is 3. The molecule has 1 aliphatic rings. The Morgan fingerprint density at radius 3 is 2.32 bits per heavy atom. The first-order chi connectivity index (χ1) is 17.9. The molecule has 0 aliphatic carbocycles.